The lowest BCUT2D eigenvalue weighted by atomic mass is 10.0. The minimum atomic E-state index is -0.335. The van der Waals surface area contributed by atoms with Crippen molar-refractivity contribution in [1.82, 2.24) is 0 Å². The Morgan fingerprint density at radius 2 is 1.53 bits per heavy atom. The molecule has 0 aromatic heterocycles. The highest BCUT2D eigenvalue weighted by Gasteiger charge is 2.21. The number of rotatable bonds is 7. The summed E-state index contributed by atoms with van der Waals surface area (Å²) in [6.07, 6.45) is 8.69. The van der Waals surface area contributed by atoms with Gasteiger partial charge in [0.15, 0.2) is 18.4 Å². The predicted octanol–water partition coefficient (Wildman–Crippen LogP) is 6.55. The first-order chi connectivity index (χ1) is 16.7. The van der Waals surface area contributed by atoms with Crippen LogP contribution in [0.4, 0.5) is 0 Å². The van der Waals surface area contributed by atoms with Gasteiger partial charge in [-0.1, -0.05) is 42.5 Å². The SMILES string of the molecule is O=C(/C=C/c1ccc2ccccc2c1)c1cc(OC2CCCCO2)ccc1OC1CCCCO1. The van der Waals surface area contributed by atoms with Gasteiger partial charge >= 0.3 is 0 Å². The van der Waals surface area contributed by atoms with Gasteiger partial charge in [-0.05, 0) is 72.4 Å². The molecule has 2 atom stereocenters. The maximum Gasteiger partial charge on any atom is 0.199 e. The monoisotopic (exact) mass is 458 g/mol. The van der Waals surface area contributed by atoms with Gasteiger partial charge in [0.1, 0.15) is 11.5 Å². The van der Waals surface area contributed by atoms with E-state index in [1.807, 2.05) is 30.3 Å². The summed E-state index contributed by atoms with van der Waals surface area (Å²) in [7, 11) is 0. The minimum Gasteiger partial charge on any atom is -0.465 e. The second kappa shape index (κ2) is 10.9. The van der Waals surface area contributed by atoms with Crippen molar-refractivity contribution in [2.45, 2.75) is 51.1 Å². The van der Waals surface area contributed by atoms with Gasteiger partial charge in [-0.3, -0.25) is 4.79 Å². The van der Waals surface area contributed by atoms with E-state index >= 15 is 0 Å². The molecule has 2 fully saturated rings. The third kappa shape index (κ3) is 5.66. The Hall–Kier alpha value is -3.15. The van der Waals surface area contributed by atoms with E-state index in [9.17, 15) is 4.79 Å². The molecule has 3 aromatic carbocycles. The van der Waals surface area contributed by atoms with Crippen molar-refractivity contribution in [3.63, 3.8) is 0 Å². The first-order valence-corrected chi connectivity index (χ1v) is 12.2. The number of carbonyl (C=O) groups is 1. The predicted molar refractivity (Wildman–Crippen MR) is 132 cm³/mol. The van der Waals surface area contributed by atoms with E-state index in [0.717, 1.165) is 49.5 Å². The summed E-state index contributed by atoms with van der Waals surface area (Å²) >= 11 is 0. The second-order valence-corrected chi connectivity index (χ2v) is 8.79. The van der Waals surface area contributed by atoms with Crippen LogP contribution in [0.2, 0.25) is 0 Å². The molecule has 0 aliphatic carbocycles. The molecule has 0 saturated carbocycles. The first kappa shape index (κ1) is 22.6. The van der Waals surface area contributed by atoms with Crippen molar-refractivity contribution in [2.75, 3.05) is 13.2 Å². The highest BCUT2D eigenvalue weighted by molar-refractivity contribution is 6.09. The van der Waals surface area contributed by atoms with Crippen LogP contribution in [0.5, 0.6) is 11.5 Å². The summed E-state index contributed by atoms with van der Waals surface area (Å²) < 4.78 is 23.6. The average Bonchev–Trinajstić information content (AvgIpc) is 2.89. The molecule has 2 heterocycles. The van der Waals surface area contributed by atoms with Crippen molar-refractivity contribution in [3.8, 4) is 11.5 Å². The van der Waals surface area contributed by atoms with E-state index in [2.05, 4.69) is 24.3 Å². The molecule has 5 rings (SSSR count). The smallest absolute Gasteiger partial charge is 0.199 e. The van der Waals surface area contributed by atoms with E-state index in [-0.39, 0.29) is 18.4 Å². The Bertz CT molecular complexity index is 1160. The van der Waals surface area contributed by atoms with E-state index in [1.54, 1.807) is 18.2 Å². The van der Waals surface area contributed by atoms with Crippen LogP contribution in [0, 0.1) is 0 Å². The largest absolute Gasteiger partial charge is 0.465 e. The highest BCUT2D eigenvalue weighted by atomic mass is 16.7. The van der Waals surface area contributed by atoms with Crippen LogP contribution in [-0.2, 0) is 9.47 Å². The van der Waals surface area contributed by atoms with Crippen LogP contribution < -0.4 is 9.47 Å². The van der Waals surface area contributed by atoms with E-state index in [0.29, 0.717) is 30.3 Å². The summed E-state index contributed by atoms with van der Waals surface area (Å²) in [4.78, 5) is 13.3. The van der Waals surface area contributed by atoms with Gasteiger partial charge in [0.2, 0.25) is 0 Å². The summed E-state index contributed by atoms with van der Waals surface area (Å²) in [6.45, 7) is 1.38. The summed E-state index contributed by atoms with van der Waals surface area (Å²) in [6, 6.07) is 19.7. The van der Waals surface area contributed by atoms with Gasteiger partial charge < -0.3 is 18.9 Å². The van der Waals surface area contributed by atoms with Gasteiger partial charge in [0.05, 0.1) is 18.8 Å². The first-order valence-electron chi connectivity index (χ1n) is 12.2. The number of hydrogen-bond donors (Lipinski definition) is 0. The average molecular weight is 459 g/mol. The number of allylic oxidation sites excluding steroid dienone is 1. The fraction of sp³-hybridized carbons (Fsp3) is 0.345. The number of hydrogen-bond acceptors (Lipinski definition) is 5. The molecule has 0 bridgehead atoms. The maximum absolute atomic E-state index is 13.3. The Morgan fingerprint density at radius 1 is 0.794 bits per heavy atom. The van der Waals surface area contributed by atoms with Crippen molar-refractivity contribution >= 4 is 22.6 Å². The molecule has 34 heavy (non-hydrogen) atoms. The standard InChI is InChI=1S/C29H30O5/c30-26(15-12-21-11-13-22-7-1-2-8-23(22)19-21)25-20-24(33-28-9-3-5-17-31-28)14-16-27(25)34-29-10-4-6-18-32-29/h1-2,7-8,11-16,19-20,28-29H,3-6,9-10,17-18H2/b15-12+. The molecule has 5 nitrogen and oxygen atoms in total. The van der Waals surface area contributed by atoms with Crippen molar-refractivity contribution in [1.29, 1.82) is 0 Å². The molecule has 0 N–H and O–H groups in total. The van der Waals surface area contributed by atoms with Crippen LogP contribution >= 0.6 is 0 Å². The third-order valence-corrected chi connectivity index (χ3v) is 6.22. The van der Waals surface area contributed by atoms with E-state index in [1.165, 1.54) is 5.39 Å². The number of ether oxygens (including phenoxy) is 4. The molecule has 2 aliphatic heterocycles. The molecule has 0 radical (unpaired) electrons. The van der Waals surface area contributed by atoms with Crippen molar-refractivity contribution < 1.29 is 23.7 Å². The zero-order chi connectivity index (χ0) is 23.2. The molecular weight excluding hydrogens is 428 g/mol. The normalized spacial score (nSPS) is 20.9. The number of carbonyl (C=O) groups excluding carboxylic acids is 1. The summed E-state index contributed by atoms with van der Waals surface area (Å²) in [5.41, 5.74) is 1.42. The lowest BCUT2D eigenvalue weighted by Gasteiger charge is -2.25. The maximum atomic E-state index is 13.3. The van der Waals surface area contributed by atoms with Crippen LogP contribution in [-0.4, -0.2) is 31.6 Å². The van der Waals surface area contributed by atoms with E-state index < -0.39 is 0 Å². The van der Waals surface area contributed by atoms with Gasteiger partial charge in [0.25, 0.3) is 0 Å². The fourth-order valence-corrected chi connectivity index (χ4v) is 4.35. The Labute approximate surface area is 200 Å². The van der Waals surface area contributed by atoms with Crippen molar-refractivity contribution in [2.24, 2.45) is 0 Å². The van der Waals surface area contributed by atoms with Gasteiger partial charge in [-0.2, -0.15) is 0 Å². The quantitative estimate of drug-likeness (QED) is 0.297. The number of benzene rings is 3. The lowest BCUT2D eigenvalue weighted by molar-refractivity contribution is -0.107. The van der Waals surface area contributed by atoms with E-state index in [4.69, 9.17) is 18.9 Å². The summed E-state index contributed by atoms with van der Waals surface area (Å²) in [5.74, 6) is 0.970. The Kier molecular flexibility index (Phi) is 7.22. The van der Waals surface area contributed by atoms with Gasteiger partial charge in [0, 0.05) is 12.8 Å². The Balaban J connectivity index is 1.38. The number of fused-ring (bicyclic) bond motifs is 1. The molecule has 2 saturated heterocycles. The topological polar surface area (TPSA) is 54.0 Å². The minimum absolute atomic E-state index is 0.144. The second-order valence-electron chi connectivity index (χ2n) is 8.79. The zero-order valence-electron chi connectivity index (χ0n) is 19.3. The van der Waals surface area contributed by atoms with Crippen LogP contribution in [0.25, 0.3) is 16.8 Å². The molecule has 2 aliphatic rings. The van der Waals surface area contributed by atoms with Gasteiger partial charge in [-0.15, -0.1) is 0 Å². The fourth-order valence-electron chi connectivity index (χ4n) is 4.35. The highest BCUT2D eigenvalue weighted by Crippen LogP contribution is 2.30. The molecule has 0 amide bonds. The molecule has 2 unspecified atom stereocenters. The molecule has 0 spiro atoms. The third-order valence-electron chi connectivity index (χ3n) is 6.22. The molecular formula is C29H30O5. The zero-order valence-corrected chi connectivity index (χ0v) is 19.3. The van der Waals surface area contributed by atoms with Crippen LogP contribution in [0.3, 0.4) is 0 Å². The van der Waals surface area contributed by atoms with Gasteiger partial charge in [-0.25, -0.2) is 0 Å². The van der Waals surface area contributed by atoms with Crippen LogP contribution in [0.1, 0.15) is 54.4 Å². The lowest BCUT2D eigenvalue weighted by Crippen LogP contribution is -2.26. The van der Waals surface area contributed by atoms with Crippen LogP contribution in [0.15, 0.2) is 66.7 Å². The van der Waals surface area contributed by atoms with Crippen molar-refractivity contribution in [3.05, 3.63) is 77.9 Å². The molecule has 176 valence electrons. The Morgan fingerprint density at radius 3 is 2.26 bits per heavy atom. The number of ketones is 1. The summed E-state index contributed by atoms with van der Waals surface area (Å²) in [5, 5.41) is 2.31. The molecule has 3 aromatic rings. The molecule has 5 heteroatoms.